The van der Waals surface area contributed by atoms with Crippen LogP contribution in [0.2, 0.25) is 0 Å². The summed E-state index contributed by atoms with van der Waals surface area (Å²) >= 11 is 0. The Morgan fingerprint density at radius 2 is 1.88 bits per heavy atom. The van der Waals surface area contributed by atoms with Gasteiger partial charge in [0.05, 0.1) is 24.4 Å². The molecule has 0 spiro atoms. The van der Waals surface area contributed by atoms with Crippen molar-refractivity contribution in [3.05, 3.63) is 35.4 Å². The maximum Gasteiger partial charge on any atom is 0.237 e. The first-order valence-electron chi connectivity index (χ1n) is 9.14. The zero-order valence-electron chi connectivity index (χ0n) is 15.1. The second-order valence-corrected chi connectivity index (χ2v) is 7.34. The van der Waals surface area contributed by atoms with E-state index in [-0.39, 0.29) is 24.2 Å². The van der Waals surface area contributed by atoms with Gasteiger partial charge in [-0.05, 0) is 31.4 Å². The molecule has 3 rings (SSSR count). The highest BCUT2D eigenvalue weighted by atomic mass is 16.5. The number of aliphatic hydroxyl groups is 1. The molecule has 0 aliphatic carbocycles. The number of nitrogens with zero attached hydrogens (tertiary/aromatic N) is 1. The first-order valence-corrected chi connectivity index (χ1v) is 9.14. The monoisotopic (exact) mass is 347 g/mol. The lowest BCUT2D eigenvalue weighted by molar-refractivity contribution is -0.123. The number of morpholine rings is 1. The molecule has 1 amide bonds. The minimum absolute atomic E-state index is 0.0445. The van der Waals surface area contributed by atoms with Gasteiger partial charge in [0.15, 0.2) is 0 Å². The summed E-state index contributed by atoms with van der Waals surface area (Å²) < 4.78 is 5.77. The number of carbonyl (C=O) groups is 1. The Hall–Kier alpha value is -1.47. The fourth-order valence-electron chi connectivity index (χ4n) is 3.66. The van der Waals surface area contributed by atoms with E-state index in [1.807, 2.05) is 0 Å². The van der Waals surface area contributed by atoms with Crippen molar-refractivity contribution in [2.45, 2.75) is 57.7 Å². The summed E-state index contributed by atoms with van der Waals surface area (Å²) in [5, 5.41) is 15.4. The lowest BCUT2D eigenvalue weighted by atomic mass is 10.1. The second kappa shape index (κ2) is 8.27. The molecule has 2 saturated heterocycles. The molecule has 3 N–H and O–H groups in total. The lowest BCUT2D eigenvalue weighted by Gasteiger charge is -2.35. The highest BCUT2D eigenvalue weighted by Crippen LogP contribution is 2.15. The summed E-state index contributed by atoms with van der Waals surface area (Å²) in [4.78, 5) is 14.5. The number of ether oxygens (including phenoxy) is 1. The van der Waals surface area contributed by atoms with Crippen molar-refractivity contribution in [3.63, 3.8) is 0 Å². The Morgan fingerprint density at radius 1 is 1.24 bits per heavy atom. The van der Waals surface area contributed by atoms with Gasteiger partial charge >= 0.3 is 0 Å². The van der Waals surface area contributed by atoms with Crippen LogP contribution in [0.4, 0.5) is 0 Å². The van der Waals surface area contributed by atoms with E-state index in [1.54, 1.807) is 0 Å². The molecule has 6 heteroatoms. The number of rotatable bonds is 5. The van der Waals surface area contributed by atoms with Gasteiger partial charge in [0, 0.05) is 32.7 Å². The van der Waals surface area contributed by atoms with Crippen molar-refractivity contribution in [3.8, 4) is 0 Å². The number of nitrogens with one attached hydrogen (secondary N) is 2. The first-order chi connectivity index (χ1) is 12.0. The molecule has 4 unspecified atom stereocenters. The van der Waals surface area contributed by atoms with Crippen LogP contribution in [0.1, 0.15) is 31.4 Å². The average Bonchev–Trinajstić information content (AvgIpc) is 2.99. The van der Waals surface area contributed by atoms with Crippen LogP contribution in [0.15, 0.2) is 24.3 Å². The van der Waals surface area contributed by atoms with E-state index < -0.39 is 6.10 Å². The molecule has 0 saturated carbocycles. The standard InChI is InChI=1S/C19H29N3O3/c1-13-10-22(11-14(2)25-13)12-16-5-3-15(4-6-16)8-21-19(24)18-7-17(23)9-20-18/h3-6,13-14,17-18,20,23H,7-12H2,1-2H3,(H,21,24). The summed E-state index contributed by atoms with van der Waals surface area (Å²) in [5.74, 6) is -0.0445. The summed E-state index contributed by atoms with van der Waals surface area (Å²) in [6, 6.07) is 8.12. The average molecular weight is 347 g/mol. The molecule has 138 valence electrons. The zero-order valence-corrected chi connectivity index (χ0v) is 15.1. The smallest absolute Gasteiger partial charge is 0.237 e. The van der Waals surface area contributed by atoms with Gasteiger partial charge in [-0.15, -0.1) is 0 Å². The van der Waals surface area contributed by atoms with Gasteiger partial charge in [-0.3, -0.25) is 9.69 Å². The third-order valence-electron chi connectivity index (χ3n) is 4.82. The molecule has 25 heavy (non-hydrogen) atoms. The molecular weight excluding hydrogens is 318 g/mol. The molecule has 1 aromatic rings. The van der Waals surface area contributed by atoms with Crippen molar-refractivity contribution in [2.24, 2.45) is 0 Å². The van der Waals surface area contributed by atoms with Crippen molar-refractivity contribution < 1.29 is 14.6 Å². The summed E-state index contributed by atoms with van der Waals surface area (Å²) in [6.07, 6.45) is 0.629. The summed E-state index contributed by atoms with van der Waals surface area (Å²) in [5.41, 5.74) is 2.36. The van der Waals surface area contributed by atoms with Crippen LogP contribution >= 0.6 is 0 Å². The Balaban J connectivity index is 1.46. The van der Waals surface area contributed by atoms with Crippen LogP contribution in [0, 0.1) is 0 Å². The van der Waals surface area contributed by atoms with E-state index >= 15 is 0 Å². The molecule has 4 atom stereocenters. The van der Waals surface area contributed by atoms with Crippen LogP contribution < -0.4 is 10.6 Å². The Kier molecular flexibility index (Phi) is 6.06. The van der Waals surface area contributed by atoms with E-state index in [4.69, 9.17) is 4.74 Å². The predicted molar refractivity (Wildman–Crippen MR) is 96.0 cm³/mol. The van der Waals surface area contributed by atoms with Crippen LogP contribution in [-0.4, -0.2) is 59.9 Å². The van der Waals surface area contributed by atoms with Crippen molar-refractivity contribution >= 4 is 5.91 Å². The Bertz CT molecular complexity index is 568. The van der Waals surface area contributed by atoms with Crippen LogP contribution in [-0.2, 0) is 22.6 Å². The van der Waals surface area contributed by atoms with Crippen molar-refractivity contribution in [1.82, 2.24) is 15.5 Å². The van der Waals surface area contributed by atoms with E-state index in [9.17, 15) is 9.90 Å². The summed E-state index contributed by atoms with van der Waals surface area (Å²) in [7, 11) is 0. The molecular formula is C19H29N3O3. The molecule has 2 aliphatic rings. The normalized spacial score (nSPS) is 30.4. The van der Waals surface area contributed by atoms with Gasteiger partial charge in [-0.1, -0.05) is 24.3 Å². The van der Waals surface area contributed by atoms with Crippen molar-refractivity contribution in [1.29, 1.82) is 0 Å². The quantitative estimate of drug-likeness (QED) is 0.729. The molecule has 2 heterocycles. The fourth-order valence-corrected chi connectivity index (χ4v) is 3.66. The van der Waals surface area contributed by atoms with Gasteiger partial charge in [0.25, 0.3) is 0 Å². The minimum Gasteiger partial charge on any atom is -0.392 e. The molecule has 2 fully saturated rings. The topological polar surface area (TPSA) is 73.8 Å². The Labute approximate surface area is 149 Å². The predicted octanol–water partition coefficient (Wildman–Crippen LogP) is 0.635. The van der Waals surface area contributed by atoms with Gasteiger partial charge in [0.1, 0.15) is 0 Å². The van der Waals surface area contributed by atoms with E-state index in [1.165, 1.54) is 5.56 Å². The number of aliphatic hydroxyl groups excluding tert-OH is 1. The van der Waals surface area contributed by atoms with Gasteiger partial charge < -0.3 is 20.5 Å². The zero-order chi connectivity index (χ0) is 17.8. The van der Waals surface area contributed by atoms with Crippen LogP contribution in [0.3, 0.4) is 0 Å². The van der Waals surface area contributed by atoms with Crippen molar-refractivity contribution in [2.75, 3.05) is 19.6 Å². The van der Waals surface area contributed by atoms with Gasteiger partial charge in [-0.25, -0.2) is 0 Å². The summed E-state index contributed by atoms with van der Waals surface area (Å²) in [6.45, 7) is 8.09. The number of hydrogen-bond acceptors (Lipinski definition) is 5. The highest BCUT2D eigenvalue weighted by Gasteiger charge is 2.27. The molecule has 0 aromatic heterocycles. The largest absolute Gasteiger partial charge is 0.392 e. The van der Waals surface area contributed by atoms with E-state index in [2.05, 4.69) is 53.6 Å². The molecule has 1 aromatic carbocycles. The molecule has 0 radical (unpaired) electrons. The number of β-amino-alcohol motifs (C(OH)–C–C–N with tert-alkyl or cyclic N) is 1. The highest BCUT2D eigenvalue weighted by molar-refractivity contribution is 5.82. The molecule has 0 bridgehead atoms. The number of benzene rings is 1. The van der Waals surface area contributed by atoms with Gasteiger partial charge in [0.2, 0.25) is 5.91 Å². The third-order valence-corrected chi connectivity index (χ3v) is 4.82. The molecule has 6 nitrogen and oxygen atoms in total. The Morgan fingerprint density at radius 3 is 2.48 bits per heavy atom. The number of carbonyl (C=O) groups excluding carboxylic acids is 1. The SMILES string of the molecule is CC1CN(Cc2ccc(CNC(=O)C3CC(O)CN3)cc2)CC(C)O1. The van der Waals surface area contributed by atoms with E-state index in [0.29, 0.717) is 19.5 Å². The number of amides is 1. The maximum absolute atomic E-state index is 12.1. The maximum atomic E-state index is 12.1. The van der Waals surface area contributed by atoms with Gasteiger partial charge in [-0.2, -0.15) is 0 Å². The van der Waals surface area contributed by atoms with E-state index in [0.717, 1.165) is 25.2 Å². The fraction of sp³-hybridized carbons (Fsp3) is 0.632. The lowest BCUT2D eigenvalue weighted by Crippen LogP contribution is -2.44. The first kappa shape index (κ1) is 18.3. The number of hydrogen-bond donors (Lipinski definition) is 3. The molecule has 2 aliphatic heterocycles. The third kappa shape index (κ3) is 5.25. The van der Waals surface area contributed by atoms with Crippen LogP contribution in [0.25, 0.3) is 0 Å². The van der Waals surface area contributed by atoms with Crippen LogP contribution in [0.5, 0.6) is 0 Å². The minimum atomic E-state index is -0.416. The second-order valence-electron chi connectivity index (χ2n) is 7.34.